The van der Waals surface area contributed by atoms with E-state index in [0.29, 0.717) is 10.6 Å². The Morgan fingerprint density at radius 2 is 1.50 bits per heavy atom. The van der Waals surface area contributed by atoms with Crippen molar-refractivity contribution in [2.75, 3.05) is 0 Å². The van der Waals surface area contributed by atoms with Gasteiger partial charge in [0, 0.05) is 21.8 Å². The summed E-state index contributed by atoms with van der Waals surface area (Å²) in [7, 11) is 0. The fraction of sp³-hybridized carbons (Fsp3) is 0. The van der Waals surface area contributed by atoms with Gasteiger partial charge >= 0.3 is 0 Å². The maximum absolute atomic E-state index is 12.8. The smallest absolute Gasteiger partial charge is 0.185 e. The van der Waals surface area contributed by atoms with Crippen LogP contribution in [-0.2, 0) is 0 Å². The zero-order chi connectivity index (χ0) is 21.9. The van der Waals surface area contributed by atoms with E-state index in [9.17, 15) is 4.79 Å². The number of halogens is 1. The van der Waals surface area contributed by atoms with E-state index in [2.05, 4.69) is 4.57 Å². The fourth-order valence-electron chi connectivity index (χ4n) is 3.70. The first-order chi connectivity index (χ1) is 15.7. The molecule has 1 heterocycles. The molecule has 0 bridgehead atoms. The molecule has 0 fully saturated rings. The average molecular weight is 435 g/mol. The molecular weight excluding hydrogens is 416 g/mol. The Bertz CT molecular complexity index is 1420. The molecule has 0 amide bonds. The summed E-state index contributed by atoms with van der Waals surface area (Å²) in [5.41, 5.74) is 5.24. The average Bonchev–Trinajstić information content (AvgIpc) is 3.23. The van der Waals surface area contributed by atoms with Crippen molar-refractivity contribution in [2.24, 2.45) is 0 Å². The number of imidazole rings is 1. The standard InChI is InChI=1S/C28H19ClN2O/c29-23-15-12-21(13-16-23)28-30-25-19-22(27(32)18-11-20-7-3-1-4-8-20)14-17-26(25)31(28)24-9-5-2-6-10-24/h1-19H/b18-11+. The second kappa shape index (κ2) is 8.66. The van der Waals surface area contributed by atoms with Crippen molar-refractivity contribution in [3.8, 4) is 17.1 Å². The summed E-state index contributed by atoms with van der Waals surface area (Å²) < 4.78 is 2.10. The van der Waals surface area contributed by atoms with Crippen molar-refractivity contribution < 1.29 is 4.79 Å². The summed E-state index contributed by atoms with van der Waals surface area (Å²) in [4.78, 5) is 17.7. The van der Waals surface area contributed by atoms with Crippen LogP contribution in [0.5, 0.6) is 0 Å². The Morgan fingerprint density at radius 1 is 0.812 bits per heavy atom. The summed E-state index contributed by atoms with van der Waals surface area (Å²) >= 11 is 6.09. The number of aromatic nitrogens is 2. The maximum Gasteiger partial charge on any atom is 0.185 e. The molecule has 5 aromatic rings. The maximum atomic E-state index is 12.8. The number of benzene rings is 4. The summed E-state index contributed by atoms with van der Waals surface area (Å²) in [5.74, 6) is 0.741. The number of allylic oxidation sites excluding steroid dienone is 1. The SMILES string of the molecule is O=C(/C=C/c1ccccc1)c1ccc2c(c1)nc(-c1ccc(Cl)cc1)n2-c1ccccc1. The number of fused-ring (bicyclic) bond motifs is 1. The summed E-state index contributed by atoms with van der Waals surface area (Å²) in [5, 5.41) is 0.675. The number of ketones is 1. The van der Waals surface area contributed by atoms with Crippen molar-refractivity contribution >= 4 is 34.5 Å². The van der Waals surface area contributed by atoms with Crippen molar-refractivity contribution in [1.82, 2.24) is 9.55 Å². The Balaban J connectivity index is 1.60. The molecule has 0 N–H and O–H groups in total. The number of carbonyl (C=O) groups excluding carboxylic acids is 1. The predicted molar refractivity (Wildman–Crippen MR) is 131 cm³/mol. The molecule has 0 saturated carbocycles. The van der Waals surface area contributed by atoms with E-state index in [1.54, 1.807) is 6.08 Å². The van der Waals surface area contributed by atoms with Gasteiger partial charge in [0.2, 0.25) is 0 Å². The monoisotopic (exact) mass is 434 g/mol. The van der Waals surface area contributed by atoms with E-state index < -0.39 is 0 Å². The molecule has 154 valence electrons. The molecule has 4 aromatic carbocycles. The minimum absolute atomic E-state index is 0.0574. The van der Waals surface area contributed by atoms with E-state index in [4.69, 9.17) is 16.6 Å². The molecule has 0 radical (unpaired) electrons. The van der Waals surface area contributed by atoms with Crippen LogP contribution in [0.1, 0.15) is 15.9 Å². The second-order valence-corrected chi connectivity index (χ2v) is 7.86. The van der Waals surface area contributed by atoms with E-state index in [0.717, 1.165) is 33.7 Å². The second-order valence-electron chi connectivity index (χ2n) is 7.43. The van der Waals surface area contributed by atoms with Gasteiger partial charge in [-0.3, -0.25) is 9.36 Å². The highest BCUT2D eigenvalue weighted by Gasteiger charge is 2.15. The van der Waals surface area contributed by atoms with Gasteiger partial charge in [0.15, 0.2) is 5.78 Å². The third-order valence-electron chi connectivity index (χ3n) is 5.28. The first-order valence-corrected chi connectivity index (χ1v) is 10.7. The number of carbonyl (C=O) groups is 1. The zero-order valence-electron chi connectivity index (χ0n) is 17.2. The van der Waals surface area contributed by atoms with Crippen LogP contribution in [-0.4, -0.2) is 15.3 Å². The van der Waals surface area contributed by atoms with Crippen LogP contribution in [0, 0.1) is 0 Å². The van der Waals surface area contributed by atoms with Gasteiger partial charge in [0.05, 0.1) is 11.0 Å². The van der Waals surface area contributed by atoms with E-state index in [1.807, 2.05) is 109 Å². The molecular formula is C28H19ClN2O. The fourth-order valence-corrected chi connectivity index (χ4v) is 3.82. The van der Waals surface area contributed by atoms with Crippen molar-refractivity contribution in [1.29, 1.82) is 0 Å². The van der Waals surface area contributed by atoms with Crippen LogP contribution in [0.2, 0.25) is 5.02 Å². The molecule has 0 aliphatic carbocycles. The number of hydrogen-bond donors (Lipinski definition) is 0. The Morgan fingerprint density at radius 3 is 2.22 bits per heavy atom. The van der Waals surface area contributed by atoms with Gasteiger partial charge in [-0.25, -0.2) is 4.98 Å². The molecule has 4 heteroatoms. The van der Waals surface area contributed by atoms with E-state index in [1.165, 1.54) is 0 Å². The number of para-hydroxylation sites is 1. The lowest BCUT2D eigenvalue weighted by molar-refractivity contribution is 0.104. The topological polar surface area (TPSA) is 34.9 Å². The number of nitrogens with zero attached hydrogens (tertiary/aromatic N) is 2. The quantitative estimate of drug-likeness (QED) is 0.216. The van der Waals surface area contributed by atoms with Gasteiger partial charge < -0.3 is 0 Å². The van der Waals surface area contributed by atoms with Crippen LogP contribution in [0.4, 0.5) is 0 Å². The number of rotatable bonds is 5. The lowest BCUT2D eigenvalue weighted by Gasteiger charge is -2.09. The predicted octanol–water partition coefficient (Wildman–Crippen LogP) is 7.24. The van der Waals surface area contributed by atoms with Crippen molar-refractivity contribution in [3.05, 3.63) is 125 Å². The van der Waals surface area contributed by atoms with Gasteiger partial charge in [-0.2, -0.15) is 0 Å². The Kier molecular flexibility index (Phi) is 5.40. The summed E-state index contributed by atoms with van der Waals surface area (Å²) in [6.07, 6.45) is 3.43. The minimum atomic E-state index is -0.0574. The van der Waals surface area contributed by atoms with Gasteiger partial charge in [-0.1, -0.05) is 66.2 Å². The van der Waals surface area contributed by atoms with E-state index >= 15 is 0 Å². The lowest BCUT2D eigenvalue weighted by atomic mass is 10.1. The molecule has 1 aromatic heterocycles. The minimum Gasteiger partial charge on any atom is -0.292 e. The third kappa shape index (κ3) is 3.98. The highest BCUT2D eigenvalue weighted by atomic mass is 35.5. The van der Waals surface area contributed by atoms with Crippen molar-refractivity contribution in [2.45, 2.75) is 0 Å². The molecule has 5 rings (SSSR count). The molecule has 0 saturated heterocycles. The molecule has 0 aliphatic rings. The summed E-state index contributed by atoms with van der Waals surface area (Å²) in [6, 6.07) is 33.1. The third-order valence-corrected chi connectivity index (χ3v) is 5.53. The highest BCUT2D eigenvalue weighted by Crippen LogP contribution is 2.30. The largest absolute Gasteiger partial charge is 0.292 e. The first-order valence-electron chi connectivity index (χ1n) is 10.3. The lowest BCUT2D eigenvalue weighted by Crippen LogP contribution is -1.98. The normalized spacial score (nSPS) is 11.3. The number of hydrogen-bond acceptors (Lipinski definition) is 2. The van der Waals surface area contributed by atoms with Crippen LogP contribution in [0.25, 0.3) is 34.2 Å². The van der Waals surface area contributed by atoms with Crippen LogP contribution in [0.3, 0.4) is 0 Å². The van der Waals surface area contributed by atoms with Gasteiger partial charge in [-0.15, -0.1) is 0 Å². The molecule has 0 unspecified atom stereocenters. The molecule has 32 heavy (non-hydrogen) atoms. The molecule has 0 atom stereocenters. The Labute approximate surface area is 191 Å². The molecule has 0 spiro atoms. The van der Waals surface area contributed by atoms with Crippen molar-refractivity contribution in [3.63, 3.8) is 0 Å². The van der Waals surface area contributed by atoms with Gasteiger partial charge in [0.25, 0.3) is 0 Å². The Hall–Kier alpha value is -3.95. The molecule has 0 aliphatic heterocycles. The van der Waals surface area contributed by atoms with E-state index in [-0.39, 0.29) is 5.78 Å². The van der Waals surface area contributed by atoms with Gasteiger partial charge in [-0.05, 0) is 66.2 Å². The van der Waals surface area contributed by atoms with Crippen LogP contribution in [0.15, 0.2) is 109 Å². The highest BCUT2D eigenvalue weighted by molar-refractivity contribution is 6.30. The van der Waals surface area contributed by atoms with Gasteiger partial charge in [0.1, 0.15) is 5.82 Å². The first kappa shape index (κ1) is 20.0. The zero-order valence-corrected chi connectivity index (χ0v) is 17.9. The molecule has 3 nitrogen and oxygen atoms in total. The van der Waals surface area contributed by atoms with Crippen LogP contribution >= 0.6 is 11.6 Å². The van der Waals surface area contributed by atoms with Crippen LogP contribution < -0.4 is 0 Å². The summed E-state index contributed by atoms with van der Waals surface area (Å²) in [6.45, 7) is 0.